The van der Waals surface area contributed by atoms with Crippen LogP contribution in [0, 0.1) is 13.8 Å². The third-order valence-electron chi connectivity index (χ3n) is 5.51. The van der Waals surface area contributed by atoms with Crippen LogP contribution in [0.25, 0.3) is 0 Å². The lowest BCUT2D eigenvalue weighted by Crippen LogP contribution is -2.49. The summed E-state index contributed by atoms with van der Waals surface area (Å²) in [5, 5.41) is 11.4. The van der Waals surface area contributed by atoms with Crippen molar-refractivity contribution >= 4 is 5.96 Å². The molecule has 1 aliphatic rings. The molecule has 0 aliphatic carbocycles. The summed E-state index contributed by atoms with van der Waals surface area (Å²) in [6, 6.07) is 0. The van der Waals surface area contributed by atoms with Crippen LogP contribution in [0.5, 0.6) is 0 Å². The molecule has 1 aromatic heterocycles. The molecule has 0 aromatic carbocycles. The van der Waals surface area contributed by atoms with Crippen LogP contribution in [-0.2, 0) is 13.5 Å². The largest absolute Gasteiger partial charge is 0.357 e. The molecule has 2 heterocycles. The number of piperidine rings is 1. The zero-order valence-electron chi connectivity index (χ0n) is 17.7. The summed E-state index contributed by atoms with van der Waals surface area (Å²) in [7, 11) is 2.01. The van der Waals surface area contributed by atoms with Gasteiger partial charge in [0.1, 0.15) is 0 Å². The molecule has 0 radical (unpaired) electrons. The van der Waals surface area contributed by atoms with Gasteiger partial charge in [0.25, 0.3) is 0 Å². The minimum Gasteiger partial charge on any atom is -0.357 e. The number of guanidine groups is 1. The lowest BCUT2D eigenvalue weighted by molar-refractivity contribution is 0.102. The van der Waals surface area contributed by atoms with Crippen LogP contribution in [-0.4, -0.2) is 58.9 Å². The number of nitrogens with zero attached hydrogens (tertiary/aromatic N) is 4. The van der Waals surface area contributed by atoms with Crippen LogP contribution in [0.3, 0.4) is 0 Å². The van der Waals surface area contributed by atoms with Crippen LogP contribution >= 0.6 is 0 Å². The van der Waals surface area contributed by atoms with Crippen LogP contribution < -0.4 is 10.6 Å². The number of aliphatic imine (C=N–C) groups is 1. The lowest BCUT2D eigenvalue weighted by Gasteiger charge is -2.40. The number of hydrogen-bond donors (Lipinski definition) is 2. The van der Waals surface area contributed by atoms with E-state index in [1.54, 1.807) is 0 Å². The van der Waals surface area contributed by atoms with Gasteiger partial charge in [-0.3, -0.25) is 14.6 Å². The Hall–Kier alpha value is -1.56. The second-order valence-corrected chi connectivity index (χ2v) is 8.01. The Morgan fingerprint density at radius 2 is 1.85 bits per heavy atom. The summed E-state index contributed by atoms with van der Waals surface area (Å²) in [6.07, 6.45) is 4.96. The van der Waals surface area contributed by atoms with E-state index in [1.807, 2.05) is 11.7 Å². The minimum atomic E-state index is 0.110. The highest BCUT2D eigenvalue weighted by atomic mass is 15.3. The highest BCUT2D eigenvalue weighted by molar-refractivity contribution is 5.79. The molecule has 148 valence electrons. The van der Waals surface area contributed by atoms with E-state index in [0.29, 0.717) is 0 Å². The van der Waals surface area contributed by atoms with Gasteiger partial charge in [0.05, 0.1) is 12.2 Å². The van der Waals surface area contributed by atoms with Crippen LogP contribution in [0.15, 0.2) is 4.99 Å². The Morgan fingerprint density at radius 3 is 2.42 bits per heavy atom. The predicted molar refractivity (Wildman–Crippen MR) is 110 cm³/mol. The average Bonchev–Trinajstić information content (AvgIpc) is 2.86. The van der Waals surface area contributed by atoms with Crippen molar-refractivity contribution in [3.05, 3.63) is 17.0 Å². The molecule has 0 atom stereocenters. The first-order valence-electron chi connectivity index (χ1n) is 10.1. The van der Waals surface area contributed by atoms with Gasteiger partial charge in [0.15, 0.2) is 5.96 Å². The molecule has 0 unspecified atom stereocenters. The molecule has 1 fully saturated rings. The molecule has 1 aliphatic heterocycles. The van der Waals surface area contributed by atoms with Gasteiger partial charge in [-0.15, -0.1) is 0 Å². The summed E-state index contributed by atoms with van der Waals surface area (Å²) < 4.78 is 1.96. The molecule has 0 spiro atoms. The first-order chi connectivity index (χ1) is 12.3. The first kappa shape index (κ1) is 20.7. The molecule has 26 heavy (non-hydrogen) atoms. The Morgan fingerprint density at radius 1 is 1.15 bits per heavy atom. The van der Waals surface area contributed by atoms with E-state index >= 15 is 0 Å². The van der Waals surface area contributed by atoms with Crippen LogP contribution in [0.1, 0.15) is 57.0 Å². The van der Waals surface area contributed by atoms with Gasteiger partial charge >= 0.3 is 0 Å². The topological polar surface area (TPSA) is 57.5 Å². The number of hydrogen-bond acceptors (Lipinski definition) is 3. The smallest absolute Gasteiger partial charge is 0.191 e. The standard InChI is InChI=1S/C20H38N6/c1-7-21-19(22-12-11-18-16(2)24-25(6)17(18)3)23-15-20(4,5)26-13-9-8-10-14-26/h7-15H2,1-6H3,(H2,21,22,23). The molecule has 1 aromatic rings. The minimum absolute atomic E-state index is 0.110. The Balaban J connectivity index is 1.91. The van der Waals surface area contributed by atoms with Gasteiger partial charge in [0, 0.05) is 31.4 Å². The van der Waals surface area contributed by atoms with Crippen molar-refractivity contribution in [1.29, 1.82) is 0 Å². The van der Waals surface area contributed by atoms with E-state index in [0.717, 1.165) is 37.7 Å². The van der Waals surface area contributed by atoms with Crippen molar-refractivity contribution in [3.63, 3.8) is 0 Å². The van der Waals surface area contributed by atoms with Gasteiger partial charge in [-0.2, -0.15) is 5.10 Å². The Kier molecular flexibility index (Phi) is 7.50. The molecule has 2 rings (SSSR count). The monoisotopic (exact) mass is 362 g/mol. The number of rotatable bonds is 7. The number of aromatic nitrogens is 2. The van der Waals surface area contributed by atoms with Crippen molar-refractivity contribution in [3.8, 4) is 0 Å². The van der Waals surface area contributed by atoms with Gasteiger partial charge < -0.3 is 10.6 Å². The zero-order chi connectivity index (χ0) is 19.2. The molecule has 6 heteroatoms. The molecule has 0 amide bonds. The highest BCUT2D eigenvalue weighted by Gasteiger charge is 2.27. The summed E-state index contributed by atoms with van der Waals surface area (Å²) in [6.45, 7) is 15.9. The van der Waals surface area contributed by atoms with Crippen LogP contribution in [0.4, 0.5) is 0 Å². The molecule has 0 saturated carbocycles. The van der Waals surface area contributed by atoms with E-state index in [2.05, 4.69) is 55.3 Å². The first-order valence-corrected chi connectivity index (χ1v) is 10.1. The number of likely N-dealkylation sites (tertiary alicyclic amines) is 1. The summed E-state index contributed by atoms with van der Waals surface area (Å²) in [5.74, 6) is 0.914. The van der Waals surface area contributed by atoms with Gasteiger partial charge in [-0.25, -0.2) is 0 Å². The summed E-state index contributed by atoms with van der Waals surface area (Å²) >= 11 is 0. The molecular weight excluding hydrogens is 324 g/mol. The third-order valence-corrected chi connectivity index (χ3v) is 5.51. The quantitative estimate of drug-likeness (QED) is 0.578. The maximum absolute atomic E-state index is 4.87. The normalized spacial score (nSPS) is 16.8. The summed E-state index contributed by atoms with van der Waals surface area (Å²) in [4.78, 5) is 7.46. The fourth-order valence-electron chi connectivity index (χ4n) is 3.70. The SMILES string of the molecule is CCNC(=NCC(C)(C)N1CCCCC1)NCCc1c(C)nn(C)c1C. The van der Waals surface area contributed by atoms with E-state index in [1.165, 1.54) is 43.6 Å². The number of aryl methyl sites for hydroxylation is 2. The molecule has 0 bridgehead atoms. The van der Waals surface area contributed by atoms with Crippen molar-refractivity contribution in [1.82, 2.24) is 25.3 Å². The second-order valence-electron chi connectivity index (χ2n) is 8.01. The Bertz CT molecular complexity index is 596. The second kappa shape index (κ2) is 9.40. The Labute approximate surface area is 159 Å². The van der Waals surface area contributed by atoms with Crippen LogP contribution in [0.2, 0.25) is 0 Å². The third kappa shape index (κ3) is 5.47. The van der Waals surface area contributed by atoms with Gasteiger partial charge in [-0.1, -0.05) is 6.42 Å². The molecule has 2 N–H and O–H groups in total. The van der Waals surface area contributed by atoms with E-state index < -0.39 is 0 Å². The number of nitrogens with one attached hydrogen (secondary N) is 2. The highest BCUT2D eigenvalue weighted by Crippen LogP contribution is 2.20. The van der Waals surface area contributed by atoms with Crippen molar-refractivity contribution in [2.75, 3.05) is 32.7 Å². The van der Waals surface area contributed by atoms with E-state index in [4.69, 9.17) is 4.99 Å². The maximum Gasteiger partial charge on any atom is 0.191 e. The fraction of sp³-hybridized carbons (Fsp3) is 0.800. The maximum atomic E-state index is 4.87. The summed E-state index contributed by atoms with van der Waals surface area (Å²) in [5.41, 5.74) is 3.82. The molecule has 1 saturated heterocycles. The fourth-order valence-corrected chi connectivity index (χ4v) is 3.70. The van der Waals surface area contributed by atoms with Crippen molar-refractivity contribution < 1.29 is 0 Å². The zero-order valence-corrected chi connectivity index (χ0v) is 17.7. The lowest BCUT2D eigenvalue weighted by atomic mass is 9.99. The van der Waals surface area contributed by atoms with Gasteiger partial charge in [-0.05, 0) is 72.5 Å². The average molecular weight is 363 g/mol. The van der Waals surface area contributed by atoms with Crippen molar-refractivity contribution in [2.24, 2.45) is 12.0 Å². The predicted octanol–water partition coefficient (Wildman–Crippen LogP) is 2.40. The molecular formula is C20H38N6. The van der Waals surface area contributed by atoms with Crippen molar-refractivity contribution in [2.45, 2.75) is 65.8 Å². The van der Waals surface area contributed by atoms with E-state index in [9.17, 15) is 0 Å². The van der Waals surface area contributed by atoms with Gasteiger partial charge in [0.2, 0.25) is 0 Å². The molecule has 6 nitrogen and oxygen atoms in total. The van der Waals surface area contributed by atoms with E-state index in [-0.39, 0.29) is 5.54 Å².